The highest BCUT2D eigenvalue weighted by atomic mass is 127. The van der Waals surface area contributed by atoms with Crippen LogP contribution in [-0.2, 0) is 17.8 Å². The largest absolute Gasteiger partial charge is 0.376 e. The zero-order chi connectivity index (χ0) is 19.8. The topological polar surface area (TPSA) is 49.8 Å². The van der Waals surface area contributed by atoms with Crippen LogP contribution in [0.2, 0.25) is 0 Å². The van der Waals surface area contributed by atoms with Crippen molar-refractivity contribution in [3.63, 3.8) is 0 Å². The van der Waals surface area contributed by atoms with Crippen molar-refractivity contribution in [3.05, 3.63) is 52.0 Å². The zero-order valence-electron chi connectivity index (χ0n) is 17.6. The van der Waals surface area contributed by atoms with E-state index in [2.05, 4.69) is 58.7 Å². The fourth-order valence-corrected chi connectivity index (χ4v) is 4.29. The molecule has 1 aromatic carbocycles. The van der Waals surface area contributed by atoms with Crippen LogP contribution in [0.15, 0.2) is 40.7 Å². The summed E-state index contributed by atoms with van der Waals surface area (Å²) < 4.78 is 5.93. The Kier molecular flexibility index (Phi) is 10.4. The van der Waals surface area contributed by atoms with Gasteiger partial charge in [-0.15, -0.1) is 35.3 Å². The molecule has 1 aliphatic heterocycles. The van der Waals surface area contributed by atoms with Gasteiger partial charge in [-0.25, -0.2) is 4.98 Å². The number of thiazole rings is 1. The monoisotopic (exact) mass is 528 g/mol. The number of guanidine groups is 1. The molecule has 1 aromatic heterocycles. The Morgan fingerprint density at radius 1 is 1.34 bits per heavy atom. The highest BCUT2D eigenvalue weighted by Crippen LogP contribution is 2.20. The van der Waals surface area contributed by atoms with Gasteiger partial charge >= 0.3 is 0 Å². The summed E-state index contributed by atoms with van der Waals surface area (Å²) in [6, 6.07) is 10.4. The molecule has 2 heterocycles. The Labute approximate surface area is 196 Å². The second-order valence-corrected chi connectivity index (χ2v) is 8.55. The summed E-state index contributed by atoms with van der Waals surface area (Å²) in [6.45, 7) is 8.77. The van der Waals surface area contributed by atoms with Crippen molar-refractivity contribution in [2.24, 2.45) is 10.9 Å². The summed E-state index contributed by atoms with van der Waals surface area (Å²) in [6.07, 6.45) is 2.08. The zero-order valence-corrected chi connectivity index (χ0v) is 20.8. The van der Waals surface area contributed by atoms with Gasteiger partial charge in [0.2, 0.25) is 0 Å². The fraction of sp³-hybridized carbons (Fsp3) is 0.545. The minimum Gasteiger partial charge on any atom is -0.376 e. The quantitative estimate of drug-likeness (QED) is 0.311. The van der Waals surface area contributed by atoms with Gasteiger partial charge in [-0.05, 0) is 12.0 Å². The van der Waals surface area contributed by atoms with Crippen molar-refractivity contribution >= 4 is 41.3 Å². The second kappa shape index (κ2) is 12.5. The van der Waals surface area contributed by atoms with Crippen molar-refractivity contribution in [3.8, 4) is 0 Å². The average molecular weight is 529 g/mol. The maximum absolute atomic E-state index is 5.93. The van der Waals surface area contributed by atoms with Crippen molar-refractivity contribution < 1.29 is 4.74 Å². The van der Waals surface area contributed by atoms with Gasteiger partial charge < -0.3 is 15.0 Å². The van der Waals surface area contributed by atoms with E-state index in [-0.39, 0.29) is 24.0 Å². The molecule has 2 aromatic rings. The SMILES string of the molecule is CN=C(NCCc1csc(C(C)C)n1)N1CCC(COCc2ccccc2)C1.I. The number of likely N-dealkylation sites (tertiary alicyclic amines) is 1. The Morgan fingerprint density at radius 3 is 2.83 bits per heavy atom. The molecule has 7 heteroatoms. The van der Waals surface area contributed by atoms with Crippen LogP contribution >= 0.6 is 35.3 Å². The van der Waals surface area contributed by atoms with Crippen LogP contribution in [0.25, 0.3) is 0 Å². The number of hydrogen-bond acceptors (Lipinski definition) is 4. The van der Waals surface area contributed by atoms with Crippen molar-refractivity contribution in [1.82, 2.24) is 15.2 Å². The van der Waals surface area contributed by atoms with Crippen LogP contribution in [0.1, 0.15) is 42.5 Å². The van der Waals surface area contributed by atoms with Gasteiger partial charge in [0, 0.05) is 50.3 Å². The lowest BCUT2D eigenvalue weighted by Crippen LogP contribution is -2.41. The average Bonchev–Trinajstić information content (AvgIpc) is 3.36. The Morgan fingerprint density at radius 2 is 2.14 bits per heavy atom. The standard InChI is InChI=1S/C22H32N4OS.HI/c1-17(2)21-25-20(16-28-21)9-11-24-22(23-3)26-12-10-19(13-26)15-27-14-18-7-5-4-6-8-18;/h4-8,16-17,19H,9-15H2,1-3H3,(H,23,24);1H. The van der Waals surface area contributed by atoms with E-state index in [9.17, 15) is 0 Å². The molecule has 5 nitrogen and oxygen atoms in total. The van der Waals surface area contributed by atoms with Crippen molar-refractivity contribution in [2.45, 2.75) is 39.2 Å². The molecule has 0 saturated carbocycles. The summed E-state index contributed by atoms with van der Waals surface area (Å²) in [5.74, 6) is 2.06. The van der Waals surface area contributed by atoms with E-state index in [1.807, 2.05) is 13.1 Å². The van der Waals surface area contributed by atoms with E-state index < -0.39 is 0 Å². The first-order chi connectivity index (χ1) is 13.7. The normalized spacial score (nSPS) is 16.9. The van der Waals surface area contributed by atoms with Crippen LogP contribution in [0.5, 0.6) is 0 Å². The van der Waals surface area contributed by atoms with E-state index in [0.717, 1.165) is 45.0 Å². The molecule has 1 N–H and O–H groups in total. The molecule has 0 amide bonds. The number of aromatic nitrogens is 1. The lowest BCUT2D eigenvalue weighted by molar-refractivity contribution is 0.0907. The number of nitrogens with one attached hydrogen (secondary N) is 1. The van der Waals surface area contributed by atoms with Crippen LogP contribution in [0, 0.1) is 5.92 Å². The molecule has 1 unspecified atom stereocenters. The first-order valence-electron chi connectivity index (χ1n) is 10.2. The molecule has 0 spiro atoms. The van der Waals surface area contributed by atoms with Gasteiger partial charge in [-0.3, -0.25) is 4.99 Å². The summed E-state index contributed by atoms with van der Waals surface area (Å²) in [7, 11) is 1.86. The summed E-state index contributed by atoms with van der Waals surface area (Å²) >= 11 is 1.76. The Hall–Kier alpha value is -1.19. The third-order valence-corrected chi connectivity index (χ3v) is 6.18. The number of hydrogen-bond donors (Lipinski definition) is 1. The van der Waals surface area contributed by atoms with E-state index in [4.69, 9.17) is 9.72 Å². The maximum Gasteiger partial charge on any atom is 0.193 e. The highest BCUT2D eigenvalue weighted by molar-refractivity contribution is 14.0. The van der Waals surface area contributed by atoms with Crippen LogP contribution in [-0.4, -0.2) is 49.1 Å². The number of benzene rings is 1. The van der Waals surface area contributed by atoms with Crippen molar-refractivity contribution in [1.29, 1.82) is 0 Å². The highest BCUT2D eigenvalue weighted by Gasteiger charge is 2.24. The molecule has 0 aliphatic carbocycles. The fourth-order valence-electron chi connectivity index (χ4n) is 3.42. The predicted molar refractivity (Wildman–Crippen MR) is 132 cm³/mol. The third kappa shape index (κ3) is 7.53. The smallest absolute Gasteiger partial charge is 0.193 e. The van der Waals surface area contributed by atoms with E-state index in [1.54, 1.807) is 11.3 Å². The number of aliphatic imine (C=N–C) groups is 1. The summed E-state index contributed by atoms with van der Waals surface area (Å²) in [4.78, 5) is 11.5. The Balaban J connectivity index is 0.00000300. The van der Waals surface area contributed by atoms with E-state index in [0.29, 0.717) is 18.4 Å². The molecule has 1 atom stereocenters. The molecule has 1 saturated heterocycles. The van der Waals surface area contributed by atoms with E-state index >= 15 is 0 Å². The molecule has 1 fully saturated rings. The maximum atomic E-state index is 5.93. The van der Waals surface area contributed by atoms with Gasteiger partial charge in [0.1, 0.15) is 0 Å². The summed E-state index contributed by atoms with van der Waals surface area (Å²) in [5, 5.41) is 6.90. The molecule has 29 heavy (non-hydrogen) atoms. The summed E-state index contributed by atoms with van der Waals surface area (Å²) in [5.41, 5.74) is 2.41. The third-order valence-electron chi connectivity index (χ3n) is 4.99. The molecule has 3 rings (SSSR count). The molecular formula is C22H33IN4OS. The number of ether oxygens (including phenoxy) is 1. The van der Waals surface area contributed by atoms with Gasteiger partial charge in [-0.2, -0.15) is 0 Å². The number of rotatable bonds is 8. The van der Waals surface area contributed by atoms with Crippen molar-refractivity contribution in [2.75, 3.05) is 33.3 Å². The van der Waals surface area contributed by atoms with Crippen LogP contribution in [0.4, 0.5) is 0 Å². The first kappa shape index (κ1) is 24.1. The molecule has 0 radical (unpaired) electrons. The first-order valence-corrected chi connectivity index (χ1v) is 11.0. The van der Waals surface area contributed by atoms with Crippen LogP contribution < -0.4 is 5.32 Å². The molecule has 160 valence electrons. The lowest BCUT2D eigenvalue weighted by Gasteiger charge is -2.21. The van der Waals surface area contributed by atoms with Crippen LogP contribution in [0.3, 0.4) is 0 Å². The molecule has 1 aliphatic rings. The Bertz CT molecular complexity index is 750. The van der Waals surface area contributed by atoms with Gasteiger partial charge in [-0.1, -0.05) is 44.2 Å². The lowest BCUT2D eigenvalue weighted by atomic mass is 10.1. The minimum absolute atomic E-state index is 0. The molecule has 0 bridgehead atoms. The van der Waals surface area contributed by atoms with Gasteiger partial charge in [0.25, 0.3) is 0 Å². The van der Waals surface area contributed by atoms with Gasteiger partial charge in [0.05, 0.1) is 23.9 Å². The predicted octanol–water partition coefficient (Wildman–Crippen LogP) is 4.54. The second-order valence-electron chi connectivity index (χ2n) is 7.66. The van der Waals surface area contributed by atoms with Gasteiger partial charge in [0.15, 0.2) is 5.96 Å². The minimum atomic E-state index is 0. The number of nitrogens with zero attached hydrogens (tertiary/aromatic N) is 3. The number of halogens is 1. The molecular weight excluding hydrogens is 495 g/mol. The van der Waals surface area contributed by atoms with E-state index in [1.165, 1.54) is 16.3 Å².